The number of halogens is 2. The van der Waals surface area contributed by atoms with Crippen LogP contribution < -0.4 is 5.32 Å². The van der Waals surface area contributed by atoms with Gasteiger partial charge in [-0.2, -0.15) is 0 Å². The molecule has 0 aromatic heterocycles. The van der Waals surface area contributed by atoms with Crippen molar-refractivity contribution in [2.24, 2.45) is 5.92 Å². The van der Waals surface area contributed by atoms with Crippen molar-refractivity contribution in [2.75, 3.05) is 6.54 Å². The van der Waals surface area contributed by atoms with Gasteiger partial charge in [-0.3, -0.25) is 4.79 Å². The number of carbonyl (C=O) groups is 1. The fourth-order valence-corrected chi connectivity index (χ4v) is 2.77. The molecule has 0 aliphatic heterocycles. The molecule has 2 N–H and O–H groups in total. The lowest BCUT2D eigenvalue weighted by Crippen LogP contribution is -2.31. The van der Waals surface area contributed by atoms with Gasteiger partial charge < -0.3 is 10.4 Å². The van der Waals surface area contributed by atoms with Crippen LogP contribution in [0.25, 0.3) is 0 Å². The van der Waals surface area contributed by atoms with Gasteiger partial charge in [-0.25, -0.2) is 0 Å². The molecule has 2 unspecified atom stereocenters. The van der Waals surface area contributed by atoms with Crippen LogP contribution in [0.3, 0.4) is 0 Å². The van der Waals surface area contributed by atoms with Crippen molar-refractivity contribution in [2.45, 2.75) is 24.6 Å². The smallest absolute Gasteiger partial charge is 0.255 e. The van der Waals surface area contributed by atoms with Gasteiger partial charge in [0, 0.05) is 16.9 Å². The van der Waals surface area contributed by atoms with E-state index >= 15 is 0 Å². The zero-order valence-electron chi connectivity index (χ0n) is 9.83. The molecule has 2 atom stereocenters. The Morgan fingerprint density at radius 1 is 1.44 bits per heavy atom. The van der Waals surface area contributed by atoms with Crippen molar-refractivity contribution in [1.82, 2.24) is 5.32 Å². The summed E-state index contributed by atoms with van der Waals surface area (Å²) in [6.45, 7) is 0.551. The second kappa shape index (κ2) is 5.81. The molecule has 5 heteroatoms. The number of amides is 1. The maximum atomic E-state index is 11.9. The lowest BCUT2D eigenvalue weighted by Gasteiger charge is -2.14. The van der Waals surface area contributed by atoms with Crippen LogP contribution in [0.5, 0.6) is 5.75 Å². The molecule has 0 saturated heterocycles. The van der Waals surface area contributed by atoms with Gasteiger partial charge in [0.25, 0.3) is 5.91 Å². The highest BCUT2D eigenvalue weighted by atomic mass is 35.5. The second-order valence-corrected chi connectivity index (χ2v) is 5.58. The summed E-state index contributed by atoms with van der Waals surface area (Å²) in [5, 5.41) is 13.0. The van der Waals surface area contributed by atoms with Crippen LogP contribution in [-0.4, -0.2) is 22.9 Å². The summed E-state index contributed by atoms with van der Waals surface area (Å²) in [5.41, 5.74) is 0.239. The number of carbonyl (C=O) groups excluding carboxylic acids is 1. The average Bonchev–Trinajstić information content (AvgIpc) is 2.72. The van der Waals surface area contributed by atoms with Gasteiger partial charge in [0.05, 0.1) is 5.56 Å². The topological polar surface area (TPSA) is 49.3 Å². The lowest BCUT2D eigenvalue weighted by molar-refractivity contribution is 0.0945. The number of phenols is 1. The monoisotopic (exact) mass is 287 g/mol. The van der Waals surface area contributed by atoms with E-state index in [-0.39, 0.29) is 22.6 Å². The van der Waals surface area contributed by atoms with E-state index in [1.54, 1.807) is 6.07 Å². The number of phenolic OH excluding ortho intramolecular Hbond substituents is 1. The van der Waals surface area contributed by atoms with Crippen LogP contribution in [0, 0.1) is 5.92 Å². The number of aromatic hydroxyl groups is 1. The first-order valence-corrected chi connectivity index (χ1v) is 6.80. The number of alkyl halides is 1. The number of nitrogens with one attached hydrogen (secondary N) is 1. The molecule has 3 nitrogen and oxygen atoms in total. The fourth-order valence-electron chi connectivity index (χ4n) is 2.24. The van der Waals surface area contributed by atoms with Crippen LogP contribution in [0.2, 0.25) is 5.02 Å². The Kier molecular flexibility index (Phi) is 4.36. The lowest BCUT2D eigenvalue weighted by atomic mass is 10.1. The molecule has 0 heterocycles. The predicted molar refractivity (Wildman–Crippen MR) is 72.4 cm³/mol. The van der Waals surface area contributed by atoms with Crippen LogP contribution in [-0.2, 0) is 0 Å². The van der Waals surface area contributed by atoms with Gasteiger partial charge in [0.1, 0.15) is 5.75 Å². The molecule has 1 amide bonds. The summed E-state index contributed by atoms with van der Waals surface area (Å²) in [5.74, 6) is -0.0705. The Hall–Kier alpha value is -0.930. The third-order valence-electron chi connectivity index (χ3n) is 3.30. The molecule has 1 aliphatic rings. The standard InChI is InChI=1S/C13H15Cl2NO2/c14-9-4-5-10(12(17)6-9)13(18)16-7-8-2-1-3-11(8)15/h4-6,8,11,17H,1-3,7H2,(H,16,18). The first kappa shape index (κ1) is 13.5. The van der Waals surface area contributed by atoms with Gasteiger partial charge in [-0.05, 0) is 37.0 Å². The molecule has 2 rings (SSSR count). The zero-order chi connectivity index (χ0) is 13.1. The van der Waals surface area contributed by atoms with Gasteiger partial charge in [-0.1, -0.05) is 18.0 Å². The van der Waals surface area contributed by atoms with Crippen molar-refractivity contribution in [1.29, 1.82) is 0 Å². The maximum absolute atomic E-state index is 11.9. The summed E-state index contributed by atoms with van der Waals surface area (Å²) in [7, 11) is 0. The summed E-state index contributed by atoms with van der Waals surface area (Å²) in [6, 6.07) is 4.45. The molecule has 0 radical (unpaired) electrons. The van der Waals surface area contributed by atoms with Crippen LogP contribution in [0.1, 0.15) is 29.6 Å². The molecular weight excluding hydrogens is 273 g/mol. The van der Waals surface area contributed by atoms with Gasteiger partial charge >= 0.3 is 0 Å². The van der Waals surface area contributed by atoms with E-state index in [0.29, 0.717) is 17.5 Å². The van der Waals surface area contributed by atoms with Crippen LogP contribution in [0.4, 0.5) is 0 Å². The SMILES string of the molecule is O=C(NCC1CCCC1Cl)c1ccc(Cl)cc1O. The van der Waals surface area contributed by atoms with Crippen molar-refractivity contribution in [3.63, 3.8) is 0 Å². The highest BCUT2D eigenvalue weighted by Crippen LogP contribution is 2.29. The Balaban J connectivity index is 1.95. The number of hydrogen-bond acceptors (Lipinski definition) is 2. The van der Waals surface area contributed by atoms with E-state index in [0.717, 1.165) is 19.3 Å². The highest BCUT2D eigenvalue weighted by Gasteiger charge is 2.25. The molecule has 1 saturated carbocycles. The molecule has 0 bridgehead atoms. The minimum Gasteiger partial charge on any atom is -0.507 e. The molecule has 0 spiro atoms. The Bertz CT molecular complexity index is 451. The van der Waals surface area contributed by atoms with Crippen molar-refractivity contribution < 1.29 is 9.90 Å². The predicted octanol–water partition coefficient (Wildman–Crippen LogP) is 3.18. The van der Waals surface area contributed by atoms with E-state index in [1.165, 1.54) is 12.1 Å². The molecule has 1 aromatic carbocycles. The van der Waals surface area contributed by atoms with Crippen LogP contribution >= 0.6 is 23.2 Å². The zero-order valence-corrected chi connectivity index (χ0v) is 11.3. The average molecular weight is 288 g/mol. The van der Waals surface area contributed by atoms with Crippen molar-refractivity contribution >= 4 is 29.1 Å². The Morgan fingerprint density at radius 3 is 2.83 bits per heavy atom. The van der Waals surface area contributed by atoms with Gasteiger partial charge in [-0.15, -0.1) is 11.6 Å². The van der Waals surface area contributed by atoms with E-state index < -0.39 is 0 Å². The van der Waals surface area contributed by atoms with Crippen molar-refractivity contribution in [3.8, 4) is 5.75 Å². The minimum absolute atomic E-state index is 0.103. The van der Waals surface area contributed by atoms with Crippen molar-refractivity contribution in [3.05, 3.63) is 28.8 Å². The molecule has 1 aromatic rings. The molecule has 18 heavy (non-hydrogen) atoms. The minimum atomic E-state index is -0.292. The fraction of sp³-hybridized carbons (Fsp3) is 0.462. The number of hydrogen-bond donors (Lipinski definition) is 2. The normalized spacial score (nSPS) is 23.0. The Morgan fingerprint density at radius 2 is 2.22 bits per heavy atom. The van der Waals surface area contributed by atoms with E-state index in [2.05, 4.69) is 5.32 Å². The third-order valence-corrected chi connectivity index (χ3v) is 4.11. The summed E-state index contributed by atoms with van der Waals surface area (Å²) < 4.78 is 0. The Labute approximate surface area is 116 Å². The second-order valence-electron chi connectivity index (χ2n) is 4.58. The van der Waals surface area contributed by atoms with Gasteiger partial charge in [0.15, 0.2) is 0 Å². The molecule has 1 aliphatic carbocycles. The summed E-state index contributed by atoms with van der Waals surface area (Å²) in [4.78, 5) is 11.9. The largest absolute Gasteiger partial charge is 0.507 e. The first-order chi connectivity index (χ1) is 8.58. The van der Waals surface area contributed by atoms with Crippen LogP contribution in [0.15, 0.2) is 18.2 Å². The molecule has 98 valence electrons. The van der Waals surface area contributed by atoms with E-state index in [1.807, 2.05) is 0 Å². The summed E-state index contributed by atoms with van der Waals surface area (Å²) >= 11 is 11.9. The maximum Gasteiger partial charge on any atom is 0.255 e. The molecular formula is C13H15Cl2NO2. The number of benzene rings is 1. The quantitative estimate of drug-likeness (QED) is 0.839. The van der Waals surface area contributed by atoms with E-state index in [4.69, 9.17) is 23.2 Å². The first-order valence-electron chi connectivity index (χ1n) is 5.98. The highest BCUT2D eigenvalue weighted by molar-refractivity contribution is 6.30. The van der Waals surface area contributed by atoms with Gasteiger partial charge in [0.2, 0.25) is 0 Å². The number of rotatable bonds is 3. The molecule has 1 fully saturated rings. The van der Waals surface area contributed by atoms with E-state index in [9.17, 15) is 9.90 Å². The third kappa shape index (κ3) is 3.09. The summed E-state index contributed by atoms with van der Waals surface area (Å²) in [6.07, 6.45) is 3.16.